The average Bonchev–Trinajstić information content (AvgIpc) is 2.71. The Balaban J connectivity index is 1.66. The predicted octanol–water partition coefficient (Wildman–Crippen LogP) is 2.68. The van der Waals surface area contributed by atoms with Gasteiger partial charge in [0, 0.05) is 13.0 Å². The summed E-state index contributed by atoms with van der Waals surface area (Å²) in [6.45, 7) is 0.0574. The molecule has 150 valence electrons. The zero-order chi connectivity index (χ0) is 20.4. The van der Waals surface area contributed by atoms with Gasteiger partial charge in [-0.25, -0.2) is 4.39 Å². The summed E-state index contributed by atoms with van der Waals surface area (Å²) in [4.78, 5) is 23.6. The van der Waals surface area contributed by atoms with E-state index in [0.717, 1.165) is 11.1 Å². The molecule has 28 heavy (non-hydrogen) atoms. The first-order chi connectivity index (χ1) is 13.5. The maximum atomic E-state index is 12.8. The second-order valence-corrected chi connectivity index (χ2v) is 6.08. The van der Waals surface area contributed by atoms with Crippen LogP contribution >= 0.6 is 0 Å². The number of esters is 1. The molecule has 2 aromatic carbocycles. The minimum absolute atomic E-state index is 0.151. The summed E-state index contributed by atoms with van der Waals surface area (Å²) >= 11 is 0. The van der Waals surface area contributed by atoms with E-state index in [1.165, 1.54) is 12.1 Å². The van der Waals surface area contributed by atoms with Gasteiger partial charge in [0.15, 0.2) is 18.1 Å². The number of nitrogens with one attached hydrogen (secondary N) is 1. The van der Waals surface area contributed by atoms with Crippen LogP contribution in [-0.2, 0) is 27.2 Å². The molecule has 0 bridgehead atoms. The number of halogens is 1. The van der Waals surface area contributed by atoms with Gasteiger partial charge in [0.1, 0.15) is 5.82 Å². The van der Waals surface area contributed by atoms with Gasteiger partial charge in [-0.1, -0.05) is 18.2 Å². The molecule has 0 atom stereocenters. The fraction of sp³-hybridized carbons (Fsp3) is 0.333. The molecule has 0 aliphatic heterocycles. The third kappa shape index (κ3) is 6.90. The Morgan fingerprint density at radius 3 is 2.29 bits per heavy atom. The molecule has 1 N–H and O–H groups in total. The van der Waals surface area contributed by atoms with Gasteiger partial charge < -0.3 is 19.5 Å². The smallest absolute Gasteiger partial charge is 0.306 e. The molecule has 0 spiro atoms. The minimum atomic E-state index is -0.455. The molecule has 0 unspecified atom stereocenters. The van der Waals surface area contributed by atoms with E-state index in [0.29, 0.717) is 30.9 Å². The van der Waals surface area contributed by atoms with Crippen LogP contribution in [0.3, 0.4) is 0 Å². The van der Waals surface area contributed by atoms with Gasteiger partial charge in [0.05, 0.1) is 14.2 Å². The van der Waals surface area contributed by atoms with Crippen molar-refractivity contribution < 1.29 is 28.2 Å². The molecule has 2 aromatic rings. The van der Waals surface area contributed by atoms with Crippen LogP contribution in [0.4, 0.5) is 4.39 Å². The number of carbonyl (C=O) groups is 2. The van der Waals surface area contributed by atoms with E-state index in [1.807, 2.05) is 6.07 Å². The molecule has 0 fully saturated rings. The summed E-state index contributed by atoms with van der Waals surface area (Å²) in [5.41, 5.74) is 1.81. The SMILES string of the molecule is COc1ccc(CCC(=O)OCC(=O)NCCc2ccc(F)cc2)cc1OC. The van der Waals surface area contributed by atoms with Crippen LogP contribution < -0.4 is 14.8 Å². The molecule has 0 heterocycles. The molecule has 7 heteroatoms. The Morgan fingerprint density at radius 2 is 1.61 bits per heavy atom. The third-order valence-electron chi connectivity index (χ3n) is 4.08. The number of hydrogen-bond donors (Lipinski definition) is 1. The van der Waals surface area contributed by atoms with Gasteiger partial charge in [-0.05, 0) is 48.2 Å². The number of benzene rings is 2. The maximum Gasteiger partial charge on any atom is 0.306 e. The Kier molecular flexibility index (Phi) is 8.27. The Morgan fingerprint density at radius 1 is 0.929 bits per heavy atom. The van der Waals surface area contributed by atoms with E-state index in [9.17, 15) is 14.0 Å². The van der Waals surface area contributed by atoms with E-state index in [1.54, 1.807) is 38.5 Å². The first-order valence-electron chi connectivity index (χ1n) is 8.89. The number of methoxy groups -OCH3 is 2. The van der Waals surface area contributed by atoms with Crippen molar-refractivity contribution in [3.05, 3.63) is 59.4 Å². The van der Waals surface area contributed by atoms with Gasteiger partial charge in [0.25, 0.3) is 5.91 Å². The van der Waals surface area contributed by atoms with Crippen LogP contribution in [0.15, 0.2) is 42.5 Å². The van der Waals surface area contributed by atoms with Crippen LogP contribution in [0, 0.1) is 5.82 Å². The lowest BCUT2D eigenvalue weighted by Gasteiger charge is -2.10. The van der Waals surface area contributed by atoms with E-state index < -0.39 is 5.97 Å². The highest BCUT2D eigenvalue weighted by molar-refractivity contribution is 5.80. The number of rotatable bonds is 10. The minimum Gasteiger partial charge on any atom is -0.493 e. The normalized spacial score (nSPS) is 10.2. The highest BCUT2D eigenvalue weighted by Crippen LogP contribution is 2.27. The summed E-state index contributed by atoms with van der Waals surface area (Å²) in [6, 6.07) is 11.5. The van der Waals surface area contributed by atoms with Gasteiger partial charge in [-0.15, -0.1) is 0 Å². The molecular formula is C21H24FNO5. The highest BCUT2D eigenvalue weighted by Gasteiger charge is 2.10. The lowest BCUT2D eigenvalue weighted by atomic mass is 10.1. The highest BCUT2D eigenvalue weighted by atomic mass is 19.1. The van der Waals surface area contributed by atoms with Crippen molar-refractivity contribution in [2.75, 3.05) is 27.4 Å². The maximum absolute atomic E-state index is 12.8. The number of ether oxygens (including phenoxy) is 3. The predicted molar refractivity (Wildman–Crippen MR) is 102 cm³/mol. The lowest BCUT2D eigenvalue weighted by molar-refractivity contribution is -0.148. The Bertz CT molecular complexity index is 792. The van der Waals surface area contributed by atoms with Crippen molar-refractivity contribution >= 4 is 11.9 Å². The van der Waals surface area contributed by atoms with Gasteiger partial charge >= 0.3 is 5.97 Å². The van der Waals surface area contributed by atoms with Crippen LogP contribution in [0.2, 0.25) is 0 Å². The topological polar surface area (TPSA) is 73.9 Å². The molecule has 0 aliphatic rings. The van der Waals surface area contributed by atoms with Crippen molar-refractivity contribution in [3.8, 4) is 11.5 Å². The van der Waals surface area contributed by atoms with Crippen molar-refractivity contribution in [2.45, 2.75) is 19.3 Å². The molecule has 0 saturated carbocycles. The Labute approximate surface area is 163 Å². The summed E-state index contributed by atoms with van der Waals surface area (Å²) in [7, 11) is 3.10. The van der Waals surface area contributed by atoms with Gasteiger partial charge in [-0.2, -0.15) is 0 Å². The summed E-state index contributed by atoms with van der Waals surface area (Å²) in [6.07, 6.45) is 1.18. The standard InChI is InChI=1S/C21H24FNO5/c1-26-18-9-5-16(13-19(18)27-2)6-10-21(25)28-14-20(24)23-12-11-15-3-7-17(22)8-4-15/h3-5,7-9,13H,6,10-12,14H2,1-2H3,(H,23,24). The van der Waals surface area contributed by atoms with Crippen LogP contribution in [0.25, 0.3) is 0 Å². The summed E-state index contributed by atoms with van der Waals surface area (Å²) < 4.78 is 28.2. The quantitative estimate of drug-likeness (QED) is 0.633. The van der Waals surface area contributed by atoms with Crippen molar-refractivity contribution in [1.82, 2.24) is 5.32 Å². The third-order valence-corrected chi connectivity index (χ3v) is 4.08. The fourth-order valence-electron chi connectivity index (χ4n) is 2.55. The second-order valence-electron chi connectivity index (χ2n) is 6.08. The van der Waals surface area contributed by atoms with E-state index in [2.05, 4.69) is 5.32 Å². The molecule has 0 aliphatic carbocycles. The van der Waals surface area contributed by atoms with Crippen molar-refractivity contribution in [1.29, 1.82) is 0 Å². The van der Waals surface area contributed by atoms with Crippen molar-refractivity contribution in [2.24, 2.45) is 0 Å². The van der Waals surface area contributed by atoms with E-state index in [4.69, 9.17) is 14.2 Å². The number of amides is 1. The molecule has 0 aromatic heterocycles. The molecule has 6 nitrogen and oxygen atoms in total. The first-order valence-corrected chi connectivity index (χ1v) is 8.89. The van der Waals surface area contributed by atoms with E-state index >= 15 is 0 Å². The molecule has 0 radical (unpaired) electrons. The molecule has 0 saturated heterocycles. The largest absolute Gasteiger partial charge is 0.493 e. The molecular weight excluding hydrogens is 365 g/mol. The Hall–Kier alpha value is -3.09. The lowest BCUT2D eigenvalue weighted by Crippen LogP contribution is -2.30. The van der Waals surface area contributed by atoms with E-state index in [-0.39, 0.29) is 24.8 Å². The molecule has 2 rings (SSSR count). The number of aryl methyl sites for hydroxylation is 1. The van der Waals surface area contributed by atoms with Gasteiger partial charge in [-0.3, -0.25) is 9.59 Å². The molecule has 1 amide bonds. The van der Waals surface area contributed by atoms with Crippen LogP contribution in [0.1, 0.15) is 17.5 Å². The zero-order valence-corrected chi connectivity index (χ0v) is 16.0. The number of hydrogen-bond acceptors (Lipinski definition) is 5. The van der Waals surface area contributed by atoms with Crippen molar-refractivity contribution in [3.63, 3.8) is 0 Å². The zero-order valence-electron chi connectivity index (χ0n) is 16.0. The average molecular weight is 389 g/mol. The van der Waals surface area contributed by atoms with Crippen LogP contribution in [-0.4, -0.2) is 39.2 Å². The summed E-state index contributed by atoms with van der Waals surface area (Å²) in [5, 5.41) is 2.66. The van der Waals surface area contributed by atoms with Gasteiger partial charge in [0.2, 0.25) is 0 Å². The second kappa shape index (κ2) is 10.9. The fourth-order valence-corrected chi connectivity index (χ4v) is 2.55. The summed E-state index contributed by atoms with van der Waals surface area (Å²) in [5.74, 6) is 0.0814. The first kappa shape index (κ1) is 21.2. The number of carbonyl (C=O) groups excluding carboxylic acids is 2. The monoisotopic (exact) mass is 389 g/mol. The van der Waals surface area contributed by atoms with Crippen LogP contribution in [0.5, 0.6) is 11.5 Å².